The zero-order valence-electron chi connectivity index (χ0n) is 14.2. The monoisotopic (exact) mass is 394 g/mol. The second-order valence-corrected chi connectivity index (χ2v) is 8.37. The van der Waals surface area contributed by atoms with E-state index in [2.05, 4.69) is 5.32 Å². The van der Waals surface area contributed by atoms with Crippen molar-refractivity contribution in [2.24, 2.45) is 0 Å². The van der Waals surface area contributed by atoms with Gasteiger partial charge in [0.15, 0.2) is 0 Å². The van der Waals surface area contributed by atoms with Gasteiger partial charge in [-0.15, -0.1) is 0 Å². The van der Waals surface area contributed by atoms with E-state index in [4.69, 9.17) is 16.3 Å². The van der Waals surface area contributed by atoms with E-state index in [-0.39, 0.29) is 22.2 Å². The fraction of sp³-hybridized carbons (Fsp3) is 0.278. The smallest absolute Gasteiger partial charge is 0.257 e. The van der Waals surface area contributed by atoms with E-state index in [0.717, 1.165) is 6.42 Å². The van der Waals surface area contributed by atoms with Crippen LogP contribution in [0.2, 0.25) is 5.02 Å². The molecule has 8 heteroatoms. The number of nitrogens with one attached hydrogen (secondary N) is 1. The summed E-state index contributed by atoms with van der Waals surface area (Å²) >= 11 is 6.25. The maximum absolute atomic E-state index is 12.5. The minimum absolute atomic E-state index is 0.128. The summed E-state index contributed by atoms with van der Waals surface area (Å²) in [5, 5.41) is 2.95. The molecule has 3 rings (SSSR count). The van der Waals surface area contributed by atoms with Crippen LogP contribution >= 0.6 is 11.6 Å². The number of amides is 1. The minimum atomic E-state index is -3.32. The van der Waals surface area contributed by atoms with Gasteiger partial charge in [-0.25, -0.2) is 8.42 Å². The number of carbonyl (C=O) groups excluding carboxylic acids is 1. The number of benzene rings is 2. The SMILES string of the molecule is COc1cccc(NC(=O)c2ccc(N3CCCCS3(=O)=O)cc2Cl)c1. The van der Waals surface area contributed by atoms with E-state index in [1.165, 1.54) is 16.4 Å². The van der Waals surface area contributed by atoms with Crippen LogP contribution in [0.25, 0.3) is 0 Å². The van der Waals surface area contributed by atoms with Gasteiger partial charge in [0.25, 0.3) is 5.91 Å². The van der Waals surface area contributed by atoms with Gasteiger partial charge in [0.1, 0.15) is 5.75 Å². The molecular formula is C18H19ClN2O4S. The zero-order valence-corrected chi connectivity index (χ0v) is 15.8. The van der Waals surface area contributed by atoms with Crippen LogP contribution in [0, 0.1) is 0 Å². The third-order valence-electron chi connectivity index (χ3n) is 4.16. The Hall–Kier alpha value is -2.25. The number of nitrogens with zero attached hydrogens (tertiary/aromatic N) is 1. The maximum atomic E-state index is 12.5. The third kappa shape index (κ3) is 3.94. The Balaban J connectivity index is 1.82. The third-order valence-corrected chi connectivity index (χ3v) is 6.34. The molecule has 0 spiro atoms. The first kappa shape index (κ1) is 18.5. The molecule has 0 aromatic heterocycles. The van der Waals surface area contributed by atoms with Gasteiger partial charge in [-0.1, -0.05) is 17.7 Å². The van der Waals surface area contributed by atoms with Crippen LogP contribution in [0.1, 0.15) is 23.2 Å². The number of halogens is 1. The Morgan fingerprint density at radius 3 is 2.69 bits per heavy atom. The fourth-order valence-electron chi connectivity index (χ4n) is 2.82. The minimum Gasteiger partial charge on any atom is -0.497 e. The molecule has 1 aliphatic rings. The van der Waals surface area contributed by atoms with Crippen molar-refractivity contribution in [3.63, 3.8) is 0 Å². The van der Waals surface area contributed by atoms with Crippen molar-refractivity contribution in [2.45, 2.75) is 12.8 Å². The highest BCUT2D eigenvalue weighted by Gasteiger charge is 2.26. The van der Waals surface area contributed by atoms with Gasteiger partial charge in [0.05, 0.1) is 29.1 Å². The van der Waals surface area contributed by atoms with E-state index < -0.39 is 10.0 Å². The molecule has 0 saturated carbocycles. The number of rotatable bonds is 4. The van der Waals surface area contributed by atoms with Gasteiger partial charge in [-0.2, -0.15) is 0 Å². The van der Waals surface area contributed by atoms with Crippen molar-refractivity contribution in [2.75, 3.05) is 29.0 Å². The number of ether oxygens (including phenoxy) is 1. The molecule has 2 aromatic carbocycles. The highest BCUT2D eigenvalue weighted by Crippen LogP contribution is 2.29. The van der Waals surface area contributed by atoms with Gasteiger partial charge >= 0.3 is 0 Å². The standard InChI is InChI=1S/C18H19ClN2O4S/c1-25-15-6-4-5-13(11-15)20-18(22)16-8-7-14(12-17(16)19)21-9-2-3-10-26(21,23)24/h4-8,11-12H,2-3,9-10H2,1H3,(H,20,22). The largest absolute Gasteiger partial charge is 0.497 e. The summed E-state index contributed by atoms with van der Waals surface area (Å²) in [6.07, 6.45) is 1.46. The van der Waals surface area contributed by atoms with Crippen LogP contribution in [-0.2, 0) is 10.0 Å². The van der Waals surface area contributed by atoms with Crippen molar-refractivity contribution < 1.29 is 17.9 Å². The molecule has 2 aromatic rings. The lowest BCUT2D eigenvalue weighted by Crippen LogP contribution is -2.37. The number of carbonyl (C=O) groups is 1. The topological polar surface area (TPSA) is 75.7 Å². The molecule has 1 N–H and O–H groups in total. The molecule has 26 heavy (non-hydrogen) atoms. The van der Waals surface area contributed by atoms with E-state index in [1.54, 1.807) is 37.4 Å². The van der Waals surface area contributed by atoms with Crippen molar-refractivity contribution in [1.82, 2.24) is 0 Å². The van der Waals surface area contributed by atoms with Crippen LogP contribution in [0.5, 0.6) is 5.75 Å². The molecule has 0 atom stereocenters. The number of hydrogen-bond donors (Lipinski definition) is 1. The summed E-state index contributed by atoms with van der Waals surface area (Å²) in [4.78, 5) is 12.5. The van der Waals surface area contributed by atoms with Gasteiger partial charge in [-0.3, -0.25) is 9.10 Å². The number of methoxy groups -OCH3 is 1. The highest BCUT2D eigenvalue weighted by molar-refractivity contribution is 7.92. The van der Waals surface area contributed by atoms with Crippen LogP contribution in [-0.4, -0.2) is 33.7 Å². The Morgan fingerprint density at radius 1 is 1.19 bits per heavy atom. The molecule has 1 fully saturated rings. The summed E-state index contributed by atoms with van der Waals surface area (Å²) in [6, 6.07) is 11.6. The summed E-state index contributed by atoms with van der Waals surface area (Å²) in [6.45, 7) is 0.425. The van der Waals surface area contributed by atoms with Crippen molar-refractivity contribution in [3.05, 3.63) is 53.1 Å². The van der Waals surface area contributed by atoms with Crippen LogP contribution in [0.3, 0.4) is 0 Å². The second kappa shape index (κ2) is 7.55. The van der Waals surface area contributed by atoms with Gasteiger partial charge in [-0.05, 0) is 43.2 Å². The summed E-state index contributed by atoms with van der Waals surface area (Å²) in [7, 11) is -1.78. The lowest BCUT2D eigenvalue weighted by atomic mass is 10.1. The number of anilines is 2. The average Bonchev–Trinajstić information content (AvgIpc) is 2.61. The van der Waals surface area contributed by atoms with Gasteiger partial charge in [0.2, 0.25) is 10.0 Å². The number of sulfonamides is 1. The molecule has 0 aliphatic carbocycles. The van der Waals surface area contributed by atoms with Crippen molar-refractivity contribution in [1.29, 1.82) is 0 Å². The summed E-state index contributed by atoms with van der Waals surface area (Å²) in [5.74, 6) is 0.374. The molecule has 1 amide bonds. The Morgan fingerprint density at radius 2 is 2.00 bits per heavy atom. The van der Waals surface area contributed by atoms with E-state index >= 15 is 0 Å². The van der Waals surface area contributed by atoms with E-state index in [1.807, 2.05) is 0 Å². The van der Waals surface area contributed by atoms with Crippen LogP contribution in [0.15, 0.2) is 42.5 Å². The molecule has 1 aliphatic heterocycles. The summed E-state index contributed by atoms with van der Waals surface area (Å²) < 4.78 is 30.9. The van der Waals surface area contributed by atoms with Crippen LogP contribution < -0.4 is 14.4 Å². The van der Waals surface area contributed by atoms with Crippen LogP contribution in [0.4, 0.5) is 11.4 Å². The Bertz CT molecular complexity index is 931. The molecule has 0 unspecified atom stereocenters. The van der Waals surface area contributed by atoms with E-state index in [0.29, 0.717) is 30.1 Å². The molecule has 138 valence electrons. The molecular weight excluding hydrogens is 376 g/mol. The molecule has 6 nitrogen and oxygen atoms in total. The first-order chi connectivity index (χ1) is 12.4. The maximum Gasteiger partial charge on any atom is 0.257 e. The predicted octanol–water partition coefficient (Wildman–Crippen LogP) is 3.53. The van der Waals surface area contributed by atoms with Crippen molar-refractivity contribution >= 4 is 38.9 Å². The fourth-order valence-corrected chi connectivity index (χ4v) is 4.71. The lowest BCUT2D eigenvalue weighted by molar-refractivity contribution is 0.102. The summed E-state index contributed by atoms with van der Waals surface area (Å²) in [5.41, 5.74) is 1.33. The average molecular weight is 395 g/mol. The van der Waals surface area contributed by atoms with E-state index in [9.17, 15) is 13.2 Å². The second-order valence-electron chi connectivity index (χ2n) is 5.95. The quantitative estimate of drug-likeness (QED) is 0.860. The van der Waals surface area contributed by atoms with Gasteiger partial charge in [0, 0.05) is 18.3 Å². The zero-order chi connectivity index (χ0) is 18.7. The first-order valence-electron chi connectivity index (χ1n) is 8.16. The molecule has 0 radical (unpaired) electrons. The molecule has 1 heterocycles. The lowest BCUT2D eigenvalue weighted by Gasteiger charge is -2.28. The highest BCUT2D eigenvalue weighted by atomic mass is 35.5. The Kier molecular flexibility index (Phi) is 5.38. The first-order valence-corrected chi connectivity index (χ1v) is 10.1. The normalized spacial score (nSPS) is 16.2. The predicted molar refractivity (Wildman–Crippen MR) is 103 cm³/mol. The molecule has 0 bridgehead atoms. The number of hydrogen-bond acceptors (Lipinski definition) is 4. The van der Waals surface area contributed by atoms with Gasteiger partial charge < -0.3 is 10.1 Å². The van der Waals surface area contributed by atoms with Crippen molar-refractivity contribution in [3.8, 4) is 5.75 Å². The Labute approximate surface area is 157 Å². The molecule has 1 saturated heterocycles.